The van der Waals surface area contributed by atoms with Crippen LogP contribution in [-0.4, -0.2) is 30.8 Å². The molecule has 2 rings (SSSR count). The van der Waals surface area contributed by atoms with Gasteiger partial charge in [-0.15, -0.1) is 11.6 Å². The summed E-state index contributed by atoms with van der Waals surface area (Å²) in [5.41, 5.74) is 0.935. The molecule has 1 fully saturated rings. The van der Waals surface area contributed by atoms with Crippen LogP contribution in [0.25, 0.3) is 0 Å². The van der Waals surface area contributed by atoms with Gasteiger partial charge in [-0.25, -0.2) is 4.98 Å². The zero-order valence-electron chi connectivity index (χ0n) is 11.2. The molecule has 1 aliphatic heterocycles. The molecule has 106 valence electrons. The topological polar surface area (TPSA) is 25.4 Å². The van der Waals surface area contributed by atoms with Gasteiger partial charge in [0.25, 0.3) is 0 Å². The van der Waals surface area contributed by atoms with Gasteiger partial charge in [-0.1, -0.05) is 18.5 Å². The number of pyridine rings is 1. The van der Waals surface area contributed by atoms with Crippen molar-refractivity contribution in [2.24, 2.45) is 0 Å². The molecule has 1 atom stereocenters. The molecule has 19 heavy (non-hydrogen) atoms. The van der Waals surface area contributed by atoms with Crippen LogP contribution in [0.3, 0.4) is 0 Å². The smallest absolute Gasteiger partial charge is 0.128 e. The number of piperidine rings is 1. The highest BCUT2D eigenvalue weighted by atomic mass is 35.5. The van der Waals surface area contributed by atoms with E-state index < -0.39 is 0 Å². The van der Waals surface area contributed by atoms with E-state index >= 15 is 0 Å². The molecule has 0 aliphatic carbocycles. The average molecular weight is 303 g/mol. The number of nitrogens with zero attached hydrogens (tertiary/aromatic N) is 2. The van der Waals surface area contributed by atoms with Crippen molar-refractivity contribution >= 4 is 29.0 Å². The number of aromatic nitrogens is 1. The quantitative estimate of drug-likeness (QED) is 0.772. The monoisotopic (exact) mass is 302 g/mol. The van der Waals surface area contributed by atoms with E-state index in [1.807, 2.05) is 6.07 Å². The van der Waals surface area contributed by atoms with E-state index in [-0.39, 0.29) is 0 Å². The van der Waals surface area contributed by atoms with Crippen molar-refractivity contribution in [2.45, 2.75) is 38.2 Å². The van der Waals surface area contributed by atoms with Crippen LogP contribution in [0, 0.1) is 0 Å². The Morgan fingerprint density at radius 1 is 1.53 bits per heavy atom. The van der Waals surface area contributed by atoms with Gasteiger partial charge >= 0.3 is 0 Å². The Labute approximate surface area is 124 Å². The summed E-state index contributed by atoms with van der Waals surface area (Å²) in [6.07, 6.45) is 5.32. The number of halogens is 2. The van der Waals surface area contributed by atoms with Gasteiger partial charge in [0.1, 0.15) is 5.82 Å². The number of hydrogen-bond acceptors (Lipinski definition) is 3. The molecule has 3 nitrogen and oxygen atoms in total. The first kappa shape index (κ1) is 14.9. The minimum Gasteiger partial charge on any atom is -0.376 e. The van der Waals surface area contributed by atoms with Crippen molar-refractivity contribution in [2.75, 3.05) is 24.6 Å². The summed E-state index contributed by atoms with van der Waals surface area (Å²) < 4.78 is 5.84. The van der Waals surface area contributed by atoms with E-state index in [9.17, 15) is 0 Å². The maximum absolute atomic E-state index is 6.04. The molecule has 1 aromatic heterocycles. The molecular formula is C14H20Cl2N2O. The van der Waals surface area contributed by atoms with Crippen molar-refractivity contribution in [3.8, 4) is 0 Å². The fraction of sp³-hybridized carbons (Fsp3) is 0.643. The highest BCUT2D eigenvalue weighted by Gasteiger charge is 2.21. The fourth-order valence-corrected chi connectivity index (χ4v) is 2.77. The number of ether oxygens (including phenoxy) is 1. The largest absolute Gasteiger partial charge is 0.376 e. The molecule has 1 aliphatic rings. The van der Waals surface area contributed by atoms with Gasteiger partial charge in [-0.3, -0.25) is 0 Å². The third-order valence-electron chi connectivity index (χ3n) is 3.32. The van der Waals surface area contributed by atoms with Gasteiger partial charge in [-0.05, 0) is 30.9 Å². The first-order valence-electron chi connectivity index (χ1n) is 6.81. The fourth-order valence-electron chi connectivity index (χ4n) is 2.31. The summed E-state index contributed by atoms with van der Waals surface area (Å²) in [6.45, 7) is 4.88. The van der Waals surface area contributed by atoms with Crippen LogP contribution in [0.1, 0.15) is 31.7 Å². The van der Waals surface area contributed by atoms with Crippen LogP contribution in [0.5, 0.6) is 0 Å². The third-order valence-corrected chi connectivity index (χ3v) is 3.95. The first-order chi connectivity index (χ1) is 9.24. The Morgan fingerprint density at radius 2 is 2.37 bits per heavy atom. The van der Waals surface area contributed by atoms with E-state index in [1.165, 1.54) is 0 Å². The predicted octanol–water partition coefficient (Wildman–Crippen LogP) is 3.87. The molecule has 1 aromatic rings. The van der Waals surface area contributed by atoms with Crippen molar-refractivity contribution in [1.82, 2.24) is 4.98 Å². The van der Waals surface area contributed by atoms with Crippen LogP contribution in [0.15, 0.2) is 12.3 Å². The van der Waals surface area contributed by atoms with E-state index in [4.69, 9.17) is 27.9 Å². The van der Waals surface area contributed by atoms with Gasteiger partial charge < -0.3 is 9.64 Å². The zero-order chi connectivity index (χ0) is 13.7. The number of alkyl halides is 1. The minimum absolute atomic E-state index is 0.311. The molecule has 0 spiro atoms. The summed E-state index contributed by atoms with van der Waals surface area (Å²) in [7, 11) is 0. The lowest BCUT2D eigenvalue weighted by molar-refractivity contribution is 0.0439. The molecule has 0 radical (unpaired) electrons. The minimum atomic E-state index is 0.311. The van der Waals surface area contributed by atoms with Crippen LogP contribution < -0.4 is 4.90 Å². The van der Waals surface area contributed by atoms with Crippen LogP contribution in [0.2, 0.25) is 5.02 Å². The summed E-state index contributed by atoms with van der Waals surface area (Å²) in [4.78, 5) is 6.67. The van der Waals surface area contributed by atoms with Crippen LogP contribution in [-0.2, 0) is 10.6 Å². The van der Waals surface area contributed by atoms with E-state index in [0.29, 0.717) is 17.0 Å². The predicted molar refractivity (Wildman–Crippen MR) is 80.3 cm³/mol. The van der Waals surface area contributed by atoms with Gasteiger partial charge in [0.2, 0.25) is 0 Å². The van der Waals surface area contributed by atoms with E-state index in [1.54, 1.807) is 6.20 Å². The lowest BCUT2D eigenvalue weighted by atomic mass is 10.1. The Morgan fingerprint density at radius 3 is 3.11 bits per heavy atom. The van der Waals surface area contributed by atoms with Crippen molar-refractivity contribution in [3.63, 3.8) is 0 Å². The summed E-state index contributed by atoms with van der Waals surface area (Å²) in [5.74, 6) is 1.36. The molecule has 1 unspecified atom stereocenters. The Bertz CT molecular complexity index is 414. The second kappa shape index (κ2) is 7.32. The van der Waals surface area contributed by atoms with Crippen LogP contribution in [0.4, 0.5) is 5.82 Å². The zero-order valence-corrected chi connectivity index (χ0v) is 12.8. The van der Waals surface area contributed by atoms with Gasteiger partial charge in [0.05, 0.1) is 11.1 Å². The SMILES string of the molecule is CCCOC1CCCN(c2cc(CCl)c(Cl)cn2)C1. The first-order valence-corrected chi connectivity index (χ1v) is 7.72. The number of hydrogen-bond donors (Lipinski definition) is 0. The molecule has 0 N–H and O–H groups in total. The maximum atomic E-state index is 6.04. The molecule has 1 saturated heterocycles. The third kappa shape index (κ3) is 3.98. The Hall–Kier alpha value is -0.510. The van der Waals surface area contributed by atoms with Gasteiger partial charge in [-0.2, -0.15) is 0 Å². The van der Waals surface area contributed by atoms with Gasteiger partial charge in [0.15, 0.2) is 0 Å². The highest BCUT2D eigenvalue weighted by molar-refractivity contribution is 6.32. The second-order valence-electron chi connectivity index (χ2n) is 4.85. The van der Waals surface area contributed by atoms with E-state index in [2.05, 4.69) is 16.8 Å². The molecule has 0 bridgehead atoms. The Kier molecular flexibility index (Phi) is 5.74. The molecule has 0 amide bonds. The molecule has 0 saturated carbocycles. The van der Waals surface area contributed by atoms with Crippen LogP contribution >= 0.6 is 23.2 Å². The summed E-state index contributed by atoms with van der Waals surface area (Å²) >= 11 is 11.9. The second-order valence-corrected chi connectivity index (χ2v) is 5.52. The van der Waals surface area contributed by atoms with Crippen molar-refractivity contribution in [3.05, 3.63) is 22.8 Å². The molecule has 2 heterocycles. The molecular weight excluding hydrogens is 283 g/mol. The highest BCUT2D eigenvalue weighted by Crippen LogP contribution is 2.25. The molecule has 5 heteroatoms. The van der Waals surface area contributed by atoms with Gasteiger partial charge in [0, 0.05) is 31.8 Å². The average Bonchev–Trinajstić information content (AvgIpc) is 2.46. The summed E-state index contributed by atoms with van der Waals surface area (Å²) in [5, 5.41) is 0.634. The van der Waals surface area contributed by atoms with Crippen molar-refractivity contribution in [1.29, 1.82) is 0 Å². The maximum Gasteiger partial charge on any atom is 0.128 e. The number of anilines is 1. The standard InChI is InChI=1S/C14H20Cl2N2O/c1-2-6-19-12-4-3-5-18(10-12)14-7-11(8-15)13(16)9-17-14/h7,9,12H,2-6,8,10H2,1H3. The summed E-state index contributed by atoms with van der Waals surface area (Å²) in [6, 6.07) is 1.98. The normalized spacial score (nSPS) is 19.7. The lowest BCUT2D eigenvalue weighted by Crippen LogP contribution is -2.40. The van der Waals surface area contributed by atoms with Crippen molar-refractivity contribution < 1.29 is 4.74 Å². The number of rotatable bonds is 5. The lowest BCUT2D eigenvalue weighted by Gasteiger charge is -2.33. The Balaban J connectivity index is 2.04. The van der Waals surface area contributed by atoms with E-state index in [0.717, 1.165) is 50.3 Å². The molecule has 0 aromatic carbocycles.